The third kappa shape index (κ3) is 5.23. The quantitative estimate of drug-likeness (QED) is 0.781. The lowest BCUT2D eigenvalue weighted by molar-refractivity contribution is -0.131. The Morgan fingerprint density at radius 2 is 2.05 bits per heavy atom. The number of unbranched alkanes of at least 4 members (excludes halogenated alkanes) is 1. The summed E-state index contributed by atoms with van der Waals surface area (Å²) in [4.78, 5) is 24.6. The molecule has 0 aromatic heterocycles. The molecular formula is C16H20ClNO3. The molecule has 5 heteroatoms. The monoisotopic (exact) mass is 309 g/mol. The molecule has 0 aliphatic rings. The van der Waals surface area contributed by atoms with Gasteiger partial charge in [0, 0.05) is 29.8 Å². The van der Waals surface area contributed by atoms with Crippen LogP contribution in [0.3, 0.4) is 0 Å². The van der Waals surface area contributed by atoms with Crippen LogP contribution in [0.1, 0.15) is 42.6 Å². The van der Waals surface area contributed by atoms with E-state index in [-0.39, 0.29) is 5.91 Å². The molecule has 0 saturated heterocycles. The Hall–Kier alpha value is -1.81. The first-order chi connectivity index (χ1) is 9.99. The zero-order valence-electron chi connectivity index (χ0n) is 12.3. The number of carbonyl (C=O) groups excluding carboxylic acids is 1. The molecular weight excluding hydrogens is 290 g/mol. The van der Waals surface area contributed by atoms with Crippen molar-refractivity contribution in [1.29, 1.82) is 0 Å². The molecule has 0 heterocycles. The third-order valence-corrected chi connectivity index (χ3v) is 3.43. The highest BCUT2D eigenvalue weighted by molar-refractivity contribution is 6.32. The highest BCUT2D eigenvalue weighted by Crippen LogP contribution is 2.20. The molecule has 21 heavy (non-hydrogen) atoms. The SMILES string of the molecule is CCCCN(CC)C(=O)c1ccc(/C=C/C(=O)O)c(Cl)c1. The summed E-state index contributed by atoms with van der Waals surface area (Å²) in [6.45, 7) is 5.40. The van der Waals surface area contributed by atoms with E-state index in [1.54, 1.807) is 23.1 Å². The summed E-state index contributed by atoms with van der Waals surface area (Å²) >= 11 is 6.09. The fourth-order valence-electron chi connectivity index (χ4n) is 1.89. The lowest BCUT2D eigenvalue weighted by Crippen LogP contribution is -2.31. The van der Waals surface area contributed by atoms with E-state index in [1.807, 2.05) is 6.92 Å². The first-order valence-electron chi connectivity index (χ1n) is 6.99. The molecule has 1 amide bonds. The number of benzene rings is 1. The van der Waals surface area contributed by atoms with Gasteiger partial charge >= 0.3 is 5.97 Å². The highest BCUT2D eigenvalue weighted by atomic mass is 35.5. The minimum atomic E-state index is -1.04. The van der Waals surface area contributed by atoms with Crippen LogP contribution in [0.15, 0.2) is 24.3 Å². The van der Waals surface area contributed by atoms with E-state index in [2.05, 4.69) is 6.92 Å². The summed E-state index contributed by atoms with van der Waals surface area (Å²) in [5.74, 6) is -1.09. The number of hydrogen-bond acceptors (Lipinski definition) is 2. The van der Waals surface area contributed by atoms with Crippen molar-refractivity contribution >= 4 is 29.6 Å². The molecule has 114 valence electrons. The minimum absolute atomic E-state index is 0.0541. The van der Waals surface area contributed by atoms with Crippen LogP contribution >= 0.6 is 11.6 Å². The van der Waals surface area contributed by atoms with Gasteiger partial charge in [-0.1, -0.05) is 31.0 Å². The zero-order valence-corrected chi connectivity index (χ0v) is 13.1. The average molecular weight is 310 g/mol. The Balaban J connectivity index is 2.91. The van der Waals surface area contributed by atoms with Crippen molar-refractivity contribution in [2.75, 3.05) is 13.1 Å². The second-order valence-corrected chi connectivity index (χ2v) is 5.05. The van der Waals surface area contributed by atoms with Crippen molar-refractivity contribution < 1.29 is 14.7 Å². The average Bonchev–Trinajstić information content (AvgIpc) is 2.46. The van der Waals surface area contributed by atoms with E-state index in [9.17, 15) is 9.59 Å². The molecule has 0 atom stereocenters. The Morgan fingerprint density at radius 3 is 2.57 bits per heavy atom. The molecule has 0 radical (unpaired) electrons. The number of hydrogen-bond donors (Lipinski definition) is 1. The molecule has 0 aliphatic heterocycles. The Kier molecular flexibility index (Phi) is 6.96. The predicted octanol–water partition coefficient (Wildman–Crippen LogP) is 3.70. The second-order valence-electron chi connectivity index (χ2n) is 4.65. The second kappa shape index (κ2) is 8.47. The van der Waals surface area contributed by atoms with Crippen molar-refractivity contribution in [2.24, 2.45) is 0 Å². The lowest BCUT2D eigenvalue weighted by Gasteiger charge is -2.20. The Morgan fingerprint density at radius 1 is 1.33 bits per heavy atom. The van der Waals surface area contributed by atoms with Crippen molar-refractivity contribution in [3.8, 4) is 0 Å². The summed E-state index contributed by atoms with van der Waals surface area (Å²) in [6, 6.07) is 4.91. The van der Waals surface area contributed by atoms with E-state index < -0.39 is 5.97 Å². The van der Waals surface area contributed by atoms with Crippen LogP contribution in [0.25, 0.3) is 6.08 Å². The molecule has 0 spiro atoms. The molecule has 0 bridgehead atoms. The van der Waals surface area contributed by atoms with Crippen molar-refractivity contribution in [3.63, 3.8) is 0 Å². The maximum atomic E-state index is 12.4. The molecule has 0 fully saturated rings. The predicted molar refractivity (Wildman–Crippen MR) is 84.6 cm³/mol. The summed E-state index contributed by atoms with van der Waals surface area (Å²) in [6.07, 6.45) is 4.42. The normalized spacial score (nSPS) is 10.8. The number of rotatable bonds is 7. The van der Waals surface area contributed by atoms with E-state index in [1.165, 1.54) is 6.08 Å². The number of nitrogens with zero attached hydrogens (tertiary/aromatic N) is 1. The van der Waals surface area contributed by atoms with E-state index in [0.29, 0.717) is 22.7 Å². The van der Waals surface area contributed by atoms with Crippen molar-refractivity contribution in [2.45, 2.75) is 26.7 Å². The fourth-order valence-corrected chi connectivity index (χ4v) is 2.13. The topological polar surface area (TPSA) is 57.6 Å². The van der Waals surface area contributed by atoms with Gasteiger partial charge in [-0.15, -0.1) is 0 Å². The molecule has 0 aliphatic carbocycles. The Bertz CT molecular complexity index is 540. The first kappa shape index (κ1) is 17.2. The van der Waals surface area contributed by atoms with Crippen LogP contribution < -0.4 is 0 Å². The van der Waals surface area contributed by atoms with Crippen LogP contribution in [0.5, 0.6) is 0 Å². The first-order valence-corrected chi connectivity index (χ1v) is 7.37. The van der Waals surface area contributed by atoms with Gasteiger partial charge in [-0.3, -0.25) is 4.79 Å². The zero-order chi connectivity index (χ0) is 15.8. The molecule has 1 N–H and O–H groups in total. The fraction of sp³-hybridized carbons (Fsp3) is 0.375. The molecule has 1 aromatic carbocycles. The van der Waals surface area contributed by atoms with Crippen LogP contribution in [-0.2, 0) is 4.79 Å². The van der Waals surface area contributed by atoms with Crippen LogP contribution in [0, 0.1) is 0 Å². The van der Waals surface area contributed by atoms with Gasteiger partial charge in [0.2, 0.25) is 0 Å². The Labute approximate surface area is 130 Å². The maximum absolute atomic E-state index is 12.4. The molecule has 1 aromatic rings. The van der Waals surface area contributed by atoms with Crippen LogP contribution in [-0.4, -0.2) is 35.0 Å². The summed E-state index contributed by atoms with van der Waals surface area (Å²) in [7, 11) is 0. The largest absolute Gasteiger partial charge is 0.478 e. The standard InChI is InChI=1S/C16H20ClNO3/c1-3-5-10-18(4-2)16(21)13-7-6-12(14(17)11-13)8-9-15(19)20/h6-9,11H,3-5,10H2,1-2H3,(H,19,20)/b9-8+. The number of carboxylic acids is 1. The van der Waals surface area contributed by atoms with Crippen molar-refractivity contribution in [3.05, 3.63) is 40.4 Å². The highest BCUT2D eigenvalue weighted by Gasteiger charge is 2.14. The van der Waals surface area contributed by atoms with Gasteiger partial charge in [-0.05, 0) is 37.1 Å². The summed E-state index contributed by atoms with van der Waals surface area (Å²) < 4.78 is 0. The van der Waals surface area contributed by atoms with E-state index in [4.69, 9.17) is 16.7 Å². The minimum Gasteiger partial charge on any atom is -0.478 e. The molecule has 0 unspecified atom stereocenters. The number of amides is 1. The van der Waals surface area contributed by atoms with Crippen LogP contribution in [0.2, 0.25) is 5.02 Å². The third-order valence-electron chi connectivity index (χ3n) is 3.10. The van der Waals surface area contributed by atoms with Gasteiger partial charge in [0.1, 0.15) is 0 Å². The summed E-state index contributed by atoms with van der Waals surface area (Å²) in [5, 5.41) is 8.97. The number of carboxylic acid groups (broad SMARTS) is 1. The maximum Gasteiger partial charge on any atom is 0.328 e. The van der Waals surface area contributed by atoms with Gasteiger partial charge in [0.05, 0.1) is 0 Å². The van der Waals surface area contributed by atoms with Crippen LogP contribution in [0.4, 0.5) is 0 Å². The summed E-state index contributed by atoms with van der Waals surface area (Å²) in [5.41, 5.74) is 1.10. The van der Waals surface area contributed by atoms with E-state index >= 15 is 0 Å². The van der Waals surface area contributed by atoms with E-state index in [0.717, 1.165) is 25.5 Å². The number of carbonyl (C=O) groups is 2. The number of aliphatic carboxylic acids is 1. The van der Waals surface area contributed by atoms with Crippen molar-refractivity contribution in [1.82, 2.24) is 4.90 Å². The lowest BCUT2D eigenvalue weighted by atomic mass is 10.1. The molecule has 0 saturated carbocycles. The van der Waals surface area contributed by atoms with Gasteiger partial charge in [0.15, 0.2) is 0 Å². The van der Waals surface area contributed by atoms with Gasteiger partial charge in [-0.2, -0.15) is 0 Å². The smallest absolute Gasteiger partial charge is 0.328 e. The molecule has 4 nitrogen and oxygen atoms in total. The van der Waals surface area contributed by atoms with Gasteiger partial charge in [-0.25, -0.2) is 4.79 Å². The van der Waals surface area contributed by atoms with Gasteiger partial charge in [0.25, 0.3) is 5.91 Å². The molecule has 1 rings (SSSR count). The number of halogens is 1. The van der Waals surface area contributed by atoms with Gasteiger partial charge < -0.3 is 10.0 Å².